The lowest BCUT2D eigenvalue weighted by Gasteiger charge is -2.21. The van der Waals surface area contributed by atoms with Crippen LogP contribution in [0.15, 0.2) is 28.8 Å². The van der Waals surface area contributed by atoms with Crippen LogP contribution in [-0.4, -0.2) is 57.2 Å². The first kappa shape index (κ1) is 17.4. The van der Waals surface area contributed by atoms with Gasteiger partial charge < -0.3 is 9.42 Å². The number of hydrogen-bond acceptors (Lipinski definition) is 5. The molecule has 0 spiro atoms. The maximum absolute atomic E-state index is 13.1. The number of aromatic nitrogens is 3. The topological polar surface area (TPSA) is 78.3 Å². The molecule has 2 aliphatic rings. The maximum Gasteiger partial charge on any atom is 0.274 e. The lowest BCUT2D eigenvalue weighted by Crippen LogP contribution is -2.35. The quantitative estimate of drug-likeness (QED) is 0.757. The number of H-pyrrole nitrogens is 1. The minimum Gasteiger partial charge on any atom is -0.356 e. The predicted octanol–water partition coefficient (Wildman–Crippen LogP) is 2.78. The zero-order valence-corrected chi connectivity index (χ0v) is 16.0. The number of para-hydroxylation sites is 1. The van der Waals surface area contributed by atoms with Gasteiger partial charge in [0, 0.05) is 49.4 Å². The number of aromatic amines is 1. The van der Waals surface area contributed by atoms with Crippen molar-refractivity contribution in [2.75, 3.05) is 26.2 Å². The highest BCUT2D eigenvalue weighted by Crippen LogP contribution is 2.24. The zero-order valence-electron chi connectivity index (χ0n) is 16.0. The maximum atomic E-state index is 13.1. The number of nitrogens with zero attached hydrogens (tertiary/aromatic N) is 4. The summed E-state index contributed by atoms with van der Waals surface area (Å²) in [7, 11) is 0. The predicted molar refractivity (Wildman–Crippen MR) is 105 cm³/mol. The molecule has 146 valence electrons. The fourth-order valence-electron chi connectivity index (χ4n) is 4.40. The van der Waals surface area contributed by atoms with Crippen LogP contribution in [-0.2, 0) is 19.4 Å². The molecule has 0 bridgehead atoms. The van der Waals surface area contributed by atoms with Gasteiger partial charge in [-0.05, 0) is 44.2 Å². The van der Waals surface area contributed by atoms with E-state index in [2.05, 4.69) is 26.3 Å². The zero-order chi connectivity index (χ0) is 18.9. The van der Waals surface area contributed by atoms with Crippen molar-refractivity contribution in [3.05, 3.63) is 46.9 Å². The highest BCUT2D eigenvalue weighted by Gasteiger charge is 2.27. The number of carbonyl (C=O) groups excluding carboxylic acids is 1. The number of benzene rings is 1. The lowest BCUT2D eigenvalue weighted by atomic mass is 9.95. The van der Waals surface area contributed by atoms with Crippen LogP contribution in [0.3, 0.4) is 0 Å². The van der Waals surface area contributed by atoms with Crippen molar-refractivity contribution in [1.82, 2.24) is 25.2 Å². The average Bonchev–Trinajstić information content (AvgIpc) is 3.26. The molecule has 1 N–H and O–H groups in total. The third-order valence-electron chi connectivity index (χ3n) is 5.96. The van der Waals surface area contributed by atoms with Gasteiger partial charge in [0.05, 0.1) is 0 Å². The van der Waals surface area contributed by atoms with Crippen LogP contribution in [0, 0.1) is 0 Å². The van der Waals surface area contributed by atoms with Crippen molar-refractivity contribution in [2.24, 2.45) is 0 Å². The molecule has 1 amide bonds. The van der Waals surface area contributed by atoms with E-state index in [1.165, 1.54) is 6.42 Å². The van der Waals surface area contributed by atoms with Gasteiger partial charge in [-0.1, -0.05) is 17.3 Å². The third kappa shape index (κ3) is 3.20. The van der Waals surface area contributed by atoms with Gasteiger partial charge >= 0.3 is 0 Å². The van der Waals surface area contributed by atoms with E-state index in [9.17, 15) is 4.79 Å². The molecule has 2 aromatic heterocycles. The molecule has 7 heteroatoms. The monoisotopic (exact) mass is 379 g/mol. The van der Waals surface area contributed by atoms with Gasteiger partial charge in [-0.25, -0.2) is 0 Å². The van der Waals surface area contributed by atoms with E-state index >= 15 is 0 Å². The number of rotatable bonds is 3. The van der Waals surface area contributed by atoms with Crippen LogP contribution < -0.4 is 0 Å². The Bertz CT molecular complexity index is 992. The number of nitrogens with one attached hydrogen (secondary N) is 1. The molecule has 0 atom stereocenters. The number of fused-ring (bicyclic) bond motifs is 2. The van der Waals surface area contributed by atoms with Gasteiger partial charge in [0.25, 0.3) is 5.91 Å². The molecule has 3 heterocycles. The third-order valence-corrected chi connectivity index (χ3v) is 5.96. The summed E-state index contributed by atoms with van der Waals surface area (Å²) >= 11 is 0. The number of aryl methyl sites for hydroxylation is 1. The number of carbonyl (C=O) groups is 1. The van der Waals surface area contributed by atoms with Crippen LogP contribution in [0.1, 0.15) is 46.7 Å². The van der Waals surface area contributed by atoms with Gasteiger partial charge in [0.2, 0.25) is 0 Å². The molecule has 1 saturated heterocycles. The van der Waals surface area contributed by atoms with E-state index in [0.29, 0.717) is 5.69 Å². The molecule has 1 aliphatic heterocycles. The first-order valence-corrected chi connectivity index (χ1v) is 10.2. The standard InChI is InChI=1S/C21H25N5O2/c27-21(20-16-7-1-3-8-17(16)22-23-20)26-11-5-10-25(12-13-26)14-18-15-6-2-4-9-19(15)28-24-18/h2,4,6,9H,1,3,5,7-8,10-14H2,(H,22,23). The Balaban J connectivity index is 1.27. The lowest BCUT2D eigenvalue weighted by molar-refractivity contribution is 0.0754. The molecule has 7 nitrogen and oxygen atoms in total. The molecular formula is C21H25N5O2. The Morgan fingerprint density at radius 3 is 2.93 bits per heavy atom. The molecule has 1 aromatic carbocycles. The van der Waals surface area contributed by atoms with Gasteiger partial charge in [-0.3, -0.25) is 14.8 Å². The summed E-state index contributed by atoms with van der Waals surface area (Å²) in [6.07, 6.45) is 5.25. The highest BCUT2D eigenvalue weighted by atomic mass is 16.5. The smallest absolute Gasteiger partial charge is 0.274 e. The molecule has 3 aromatic rings. The highest BCUT2D eigenvalue weighted by molar-refractivity contribution is 5.94. The van der Waals surface area contributed by atoms with Crippen LogP contribution in [0.2, 0.25) is 0 Å². The summed E-state index contributed by atoms with van der Waals surface area (Å²) < 4.78 is 5.43. The van der Waals surface area contributed by atoms with Crippen molar-refractivity contribution >= 4 is 16.9 Å². The van der Waals surface area contributed by atoms with Crippen molar-refractivity contribution < 1.29 is 9.32 Å². The molecular weight excluding hydrogens is 354 g/mol. The minimum absolute atomic E-state index is 0.0770. The normalized spacial score (nSPS) is 18.2. The Morgan fingerprint density at radius 1 is 1.07 bits per heavy atom. The Hall–Kier alpha value is -2.67. The number of hydrogen-bond donors (Lipinski definition) is 1. The molecule has 1 fully saturated rings. The second kappa shape index (κ2) is 7.39. The summed E-state index contributed by atoms with van der Waals surface area (Å²) in [4.78, 5) is 17.4. The van der Waals surface area contributed by atoms with Crippen LogP contribution in [0.25, 0.3) is 11.0 Å². The van der Waals surface area contributed by atoms with Crippen molar-refractivity contribution in [1.29, 1.82) is 0 Å². The van der Waals surface area contributed by atoms with Gasteiger partial charge in [0.1, 0.15) is 5.69 Å². The van der Waals surface area contributed by atoms with Crippen molar-refractivity contribution in [3.8, 4) is 0 Å². The van der Waals surface area contributed by atoms with Crippen LogP contribution in [0.5, 0.6) is 0 Å². The summed E-state index contributed by atoms with van der Waals surface area (Å²) in [6, 6.07) is 7.96. The molecule has 0 unspecified atom stereocenters. The van der Waals surface area contributed by atoms with E-state index in [4.69, 9.17) is 4.52 Å². The van der Waals surface area contributed by atoms with Crippen molar-refractivity contribution in [2.45, 2.75) is 38.6 Å². The molecule has 5 rings (SSSR count). The fourth-order valence-corrected chi connectivity index (χ4v) is 4.40. The van der Waals surface area contributed by atoms with E-state index in [1.54, 1.807) is 0 Å². The molecule has 0 radical (unpaired) electrons. The Morgan fingerprint density at radius 2 is 1.96 bits per heavy atom. The van der Waals surface area contributed by atoms with Crippen molar-refractivity contribution in [3.63, 3.8) is 0 Å². The summed E-state index contributed by atoms with van der Waals surface area (Å²) in [5, 5.41) is 12.8. The fraction of sp³-hybridized carbons (Fsp3) is 0.476. The Labute approximate surface area is 163 Å². The van der Waals surface area contributed by atoms with Gasteiger partial charge in [-0.2, -0.15) is 5.10 Å². The summed E-state index contributed by atoms with van der Waals surface area (Å²) in [6.45, 7) is 4.02. The van der Waals surface area contributed by atoms with E-state index in [0.717, 1.165) is 86.3 Å². The van der Waals surface area contributed by atoms with Gasteiger partial charge in [0.15, 0.2) is 11.3 Å². The van der Waals surface area contributed by atoms with Gasteiger partial charge in [-0.15, -0.1) is 0 Å². The van der Waals surface area contributed by atoms with E-state index in [-0.39, 0.29) is 5.91 Å². The summed E-state index contributed by atoms with van der Waals surface area (Å²) in [5.74, 6) is 0.0770. The van der Waals surface area contributed by atoms with Crippen LogP contribution in [0.4, 0.5) is 0 Å². The first-order valence-electron chi connectivity index (χ1n) is 10.2. The van der Waals surface area contributed by atoms with E-state index in [1.807, 2.05) is 23.1 Å². The summed E-state index contributed by atoms with van der Waals surface area (Å²) in [5.41, 5.74) is 4.74. The number of amides is 1. The Kier molecular flexibility index (Phi) is 4.60. The average molecular weight is 379 g/mol. The first-order chi connectivity index (χ1) is 13.8. The minimum atomic E-state index is 0.0770. The SMILES string of the molecule is O=C(c1n[nH]c2c1CCCC2)N1CCCN(Cc2noc3ccccc23)CC1. The largest absolute Gasteiger partial charge is 0.356 e. The second-order valence-electron chi connectivity index (χ2n) is 7.78. The van der Waals surface area contributed by atoms with E-state index < -0.39 is 0 Å². The second-order valence-corrected chi connectivity index (χ2v) is 7.78. The van der Waals surface area contributed by atoms with Crippen LogP contribution >= 0.6 is 0 Å². The molecule has 0 saturated carbocycles. The molecule has 1 aliphatic carbocycles. The molecule has 28 heavy (non-hydrogen) atoms.